The van der Waals surface area contributed by atoms with Gasteiger partial charge in [0, 0.05) is 18.0 Å². The zero-order chi connectivity index (χ0) is 13.4. The van der Waals surface area contributed by atoms with E-state index in [4.69, 9.17) is 5.53 Å². The van der Waals surface area contributed by atoms with Gasteiger partial charge in [-0.3, -0.25) is 0 Å². The van der Waals surface area contributed by atoms with Gasteiger partial charge in [-0.2, -0.15) is 0 Å². The number of rotatable bonds is 7. The highest BCUT2D eigenvalue weighted by Crippen LogP contribution is 2.15. The highest BCUT2D eigenvalue weighted by atomic mass is 32.2. The van der Waals surface area contributed by atoms with Gasteiger partial charge >= 0.3 is 0 Å². The first-order chi connectivity index (χ1) is 8.55. The lowest BCUT2D eigenvalue weighted by Crippen LogP contribution is -2.30. The summed E-state index contributed by atoms with van der Waals surface area (Å²) in [6.07, 6.45) is 0. The molecule has 1 N–H and O–H groups in total. The van der Waals surface area contributed by atoms with Gasteiger partial charge in [-0.1, -0.05) is 42.4 Å². The normalized spacial score (nSPS) is 12.7. The molecular formula is C11H16N4O2S. The standard InChI is InChI=1S/C11H16N4O2S/c1-10(11-5-3-2-4-6-11)9-18(16,17)14-8-7-13-15-12/h2-6,10,14H,7-9H2,1H3. The van der Waals surface area contributed by atoms with Crippen LogP contribution >= 0.6 is 0 Å². The van der Waals surface area contributed by atoms with Crippen LogP contribution in [-0.2, 0) is 10.0 Å². The minimum Gasteiger partial charge on any atom is -0.215 e. The number of benzene rings is 1. The summed E-state index contributed by atoms with van der Waals surface area (Å²) >= 11 is 0. The Morgan fingerprint density at radius 1 is 1.39 bits per heavy atom. The van der Waals surface area contributed by atoms with Gasteiger partial charge in [0.1, 0.15) is 0 Å². The molecule has 98 valence electrons. The fourth-order valence-corrected chi connectivity index (χ4v) is 2.93. The van der Waals surface area contributed by atoms with E-state index >= 15 is 0 Å². The lowest BCUT2D eigenvalue weighted by molar-refractivity contribution is 0.576. The molecule has 0 saturated carbocycles. The van der Waals surface area contributed by atoms with E-state index in [9.17, 15) is 8.42 Å². The third kappa shape index (κ3) is 5.18. The fourth-order valence-electron chi connectivity index (χ4n) is 1.56. The molecule has 0 amide bonds. The van der Waals surface area contributed by atoms with Gasteiger partial charge in [-0.05, 0) is 17.0 Å². The van der Waals surface area contributed by atoms with Crippen LogP contribution in [0.1, 0.15) is 18.4 Å². The molecule has 0 aromatic heterocycles. The molecule has 0 aliphatic heterocycles. The SMILES string of the molecule is CC(CS(=O)(=O)NCCN=[N+]=[N-])c1ccccc1. The van der Waals surface area contributed by atoms with E-state index in [-0.39, 0.29) is 24.8 Å². The van der Waals surface area contributed by atoms with Crippen molar-refractivity contribution in [1.29, 1.82) is 0 Å². The maximum atomic E-state index is 11.7. The molecule has 1 rings (SSSR count). The maximum absolute atomic E-state index is 11.7. The Bertz CT molecular complexity index is 509. The third-order valence-electron chi connectivity index (χ3n) is 2.44. The van der Waals surface area contributed by atoms with Crippen molar-refractivity contribution in [2.24, 2.45) is 5.11 Å². The van der Waals surface area contributed by atoms with Gasteiger partial charge in [0.2, 0.25) is 10.0 Å². The molecule has 0 saturated heterocycles. The molecule has 7 heteroatoms. The van der Waals surface area contributed by atoms with Crippen molar-refractivity contribution in [2.45, 2.75) is 12.8 Å². The Hall–Kier alpha value is -1.56. The van der Waals surface area contributed by atoms with Gasteiger partial charge in [-0.15, -0.1) is 0 Å². The van der Waals surface area contributed by atoms with Crippen LogP contribution in [0.4, 0.5) is 0 Å². The first-order valence-electron chi connectivity index (χ1n) is 5.58. The van der Waals surface area contributed by atoms with Gasteiger partial charge in [0.05, 0.1) is 5.75 Å². The Morgan fingerprint density at radius 3 is 2.67 bits per heavy atom. The predicted octanol–water partition coefficient (Wildman–Crippen LogP) is 2.02. The summed E-state index contributed by atoms with van der Waals surface area (Å²) in [4.78, 5) is 2.55. The zero-order valence-electron chi connectivity index (χ0n) is 10.2. The third-order valence-corrected chi connectivity index (χ3v) is 4.02. The van der Waals surface area contributed by atoms with E-state index in [1.165, 1.54) is 0 Å². The van der Waals surface area contributed by atoms with E-state index in [2.05, 4.69) is 14.7 Å². The fraction of sp³-hybridized carbons (Fsp3) is 0.455. The van der Waals surface area contributed by atoms with Crippen LogP contribution in [0.5, 0.6) is 0 Å². The average Bonchev–Trinajstić information content (AvgIpc) is 2.35. The Balaban J connectivity index is 2.52. The summed E-state index contributed by atoms with van der Waals surface area (Å²) < 4.78 is 25.9. The van der Waals surface area contributed by atoms with Crippen LogP contribution < -0.4 is 4.72 Å². The molecule has 0 radical (unpaired) electrons. The molecule has 0 spiro atoms. The highest BCUT2D eigenvalue weighted by Gasteiger charge is 2.16. The van der Waals surface area contributed by atoms with E-state index < -0.39 is 10.0 Å². The van der Waals surface area contributed by atoms with Gasteiger partial charge in [-0.25, -0.2) is 13.1 Å². The molecule has 6 nitrogen and oxygen atoms in total. The van der Waals surface area contributed by atoms with Crippen molar-refractivity contribution in [3.8, 4) is 0 Å². The monoisotopic (exact) mass is 268 g/mol. The summed E-state index contributed by atoms with van der Waals surface area (Å²) in [5.74, 6) is -0.0593. The van der Waals surface area contributed by atoms with Gasteiger partial charge in [0.25, 0.3) is 0 Å². The minimum atomic E-state index is -3.34. The maximum Gasteiger partial charge on any atom is 0.212 e. The molecular weight excluding hydrogens is 252 g/mol. The molecule has 1 aromatic carbocycles. The van der Waals surface area contributed by atoms with Gasteiger partial charge in [0.15, 0.2) is 0 Å². The zero-order valence-corrected chi connectivity index (χ0v) is 11.0. The van der Waals surface area contributed by atoms with E-state index in [1.54, 1.807) is 0 Å². The number of hydrogen-bond acceptors (Lipinski definition) is 3. The van der Waals surface area contributed by atoms with E-state index in [0.29, 0.717) is 0 Å². The second kappa shape index (κ2) is 7.00. The molecule has 0 aliphatic rings. The second-order valence-electron chi connectivity index (χ2n) is 3.94. The summed E-state index contributed by atoms with van der Waals surface area (Å²) in [5, 5.41) is 3.27. The largest absolute Gasteiger partial charge is 0.215 e. The lowest BCUT2D eigenvalue weighted by atomic mass is 10.0. The second-order valence-corrected chi connectivity index (χ2v) is 5.79. The predicted molar refractivity (Wildman–Crippen MR) is 70.7 cm³/mol. The van der Waals surface area contributed by atoms with Gasteiger partial charge < -0.3 is 0 Å². The molecule has 18 heavy (non-hydrogen) atoms. The van der Waals surface area contributed by atoms with Crippen LogP contribution in [-0.4, -0.2) is 27.3 Å². The van der Waals surface area contributed by atoms with E-state index in [0.717, 1.165) is 5.56 Å². The van der Waals surface area contributed by atoms with Crippen LogP contribution in [0.2, 0.25) is 0 Å². The van der Waals surface area contributed by atoms with Crippen LogP contribution in [0, 0.1) is 0 Å². The number of nitrogens with one attached hydrogen (secondary N) is 1. The van der Waals surface area contributed by atoms with Crippen molar-refractivity contribution in [3.63, 3.8) is 0 Å². The van der Waals surface area contributed by atoms with Crippen LogP contribution in [0.3, 0.4) is 0 Å². The first kappa shape index (κ1) is 14.5. The molecule has 0 bridgehead atoms. The first-order valence-corrected chi connectivity index (χ1v) is 7.23. The number of azide groups is 1. The van der Waals surface area contributed by atoms with Crippen LogP contribution in [0.25, 0.3) is 10.4 Å². The summed E-state index contributed by atoms with van der Waals surface area (Å²) in [6.45, 7) is 2.12. The lowest BCUT2D eigenvalue weighted by Gasteiger charge is -2.12. The van der Waals surface area contributed by atoms with Crippen LogP contribution in [0.15, 0.2) is 35.4 Å². The van der Waals surface area contributed by atoms with Crippen molar-refractivity contribution in [3.05, 3.63) is 46.3 Å². The van der Waals surface area contributed by atoms with Crippen molar-refractivity contribution >= 4 is 10.0 Å². The number of nitrogens with zero attached hydrogens (tertiary/aromatic N) is 3. The summed E-state index contributed by atoms with van der Waals surface area (Å²) in [7, 11) is -3.34. The Kier molecular flexibility index (Phi) is 5.64. The quantitative estimate of drug-likeness (QED) is 0.354. The Morgan fingerprint density at radius 2 is 2.06 bits per heavy atom. The highest BCUT2D eigenvalue weighted by molar-refractivity contribution is 7.89. The van der Waals surface area contributed by atoms with Crippen molar-refractivity contribution < 1.29 is 8.42 Å². The number of hydrogen-bond donors (Lipinski definition) is 1. The summed E-state index contributed by atoms with van der Waals surface area (Å²) in [6, 6.07) is 9.46. The minimum absolute atomic E-state index is 0.0211. The molecule has 0 heterocycles. The average molecular weight is 268 g/mol. The summed E-state index contributed by atoms with van der Waals surface area (Å²) in [5.41, 5.74) is 9.06. The molecule has 1 unspecified atom stereocenters. The Labute approximate surface area is 107 Å². The number of sulfonamides is 1. The van der Waals surface area contributed by atoms with Crippen molar-refractivity contribution in [2.75, 3.05) is 18.8 Å². The smallest absolute Gasteiger partial charge is 0.212 e. The molecule has 0 aliphatic carbocycles. The molecule has 0 fully saturated rings. The topological polar surface area (TPSA) is 94.9 Å². The molecule has 1 aromatic rings. The molecule has 1 atom stereocenters. The van der Waals surface area contributed by atoms with Crippen molar-refractivity contribution in [1.82, 2.24) is 4.72 Å². The van der Waals surface area contributed by atoms with E-state index in [1.807, 2.05) is 37.3 Å².